The molecule has 73 heavy (non-hydrogen) atoms. The highest BCUT2D eigenvalue weighted by Crippen LogP contribution is 2.36. The number of hydrogen-bond acceptors (Lipinski definition) is 12. The highest BCUT2D eigenvalue weighted by atomic mass is 19.4. The van der Waals surface area contributed by atoms with Crippen LogP contribution in [-0.2, 0) is 86.9 Å². The molecule has 1 amide bonds. The summed E-state index contributed by atoms with van der Waals surface area (Å²) in [4.78, 5) is 11.5. The molecule has 0 aromatic heterocycles. The van der Waals surface area contributed by atoms with E-state index in [1.54, 1.807) is 12.1 Å². The summed E-state index contributed by atoms with van der Waals surface area (Å²) in [5.74, 6) is -2.08. The molecule has 0 radical (unpaired) electrons. The van der Waals surface area contributed by atoms with Crippen LogP contribution >= 0.6 is 0 Å². The number of alkyl halides is 3. The lowest BCUT2D eigenvalue weighted by Crippen LogP contribution is -2.66. The van der Waals surface area contributed by atoms with E-state index in [0.717, 1.165) is 27.8 Å². The highest BCUT2D eigenvalue weighted by Gasteiger charge is 2.54. The van der Waals surface area contributed by atoms with Gasteiger partial charge in [0.25, 0.3) is 0 Å². The Hall–Kier alpha value is -5.86. The Morgan fingerprint density at radius 2 is 0.918 bits per heavy atom. The van der Waals surface area contributed by atoms with Gasteiger partial charge in [0.2, 0.25) is 0 Å². The summed E-state index contributed by atoms with van der Waals surface area (Å²) < 4.78 is 98.9. The molecule has 6 aromatic carbocycles. The third-order valence-corrected chi connectivity index (χ3v) is 12.4. The van der Waals surface area contributed by atoms with Crippen molar-refractivity contribution in [3.05, 3.63) is 209 Å². The Balaban J connectivity index is 1.11. The van der Waals surface area contributed by atoms with Crippen LogP contribution in [-0.4, -0.2) is 104 Å². The van der Waals surface area contributed by atoms with Gasteiger partial charge in [-0.3, -0.25) is 4.79 Å². The van der Waals surface area contributed by atoms with Gasteiger partial charge < -0.3 is 58.2 Å². The Labute approximate surface area is 422 Å². The monoisotopic (exact) mass is 1010 g/mol. The first-order chi connectivity index (χ1) is 35.6. The van der Waals surface area contributed by atoms with Crippen molar-refractivity contribution in [3.63, 3.8) is 0 Å². The fourth-order valence-electron chi connectivity index (χ4n) is 8.54. The van der Waals surface area contributed by atoms with Gasteiger partial charge in [-0.25, -0.2) is 0 Å². The van der Waals surface area contributed by atoms with Gasteiger partial charge >= 0.3 is 12.1 Å². The topological polar surface area (TPSA) is 153 Å². The van der Waals surface area contributed by atoms with E-state index in [1.807, 2.05) is 157 Å². The number of nitrogens with one attached hydrogen (secondary N) is 1. The van der Waals surface area contributed by atoms with Gasteiger partial charge in [-0.2, -0.15) is 13.2 Å². The van der Waals surface area contributed by atoms with Crippen LogP contribution in [0.4, 0.5) is 18.9 Å². The van der Waals surface area contributed by atoms with Crippen LogP contribution in [0, 0.1) is 0 Å². The number of carbonyl (C=O) groups is 1. The Morgan fingerprint density at radius 1 is 0.493 bits per heavy atom. The van der Waals surface area contributed by atoms with Crippen molar-refractivity contribution in [2.45, 2.75) is 107 Å². The lowest BCUT2D eigenvalue weighted by molar-refractivity contribution is -0.375. The van der Waals surface area contributed by atoms with Gasteiger partial charge in [0, 0.05) is 5.69 Å². The average molecular weight is 1010 g/mol. The van der Waals surface area contributed by atoms with Crippen LogP contribution in [0.3, 0.4) is 0 Å². The first-order valence-electron chi connectivity index (χ1n) is 24.2. The molecule has 13 nitrogen and oxygen atoms in total. The maximum Gasteiger partial charge on any atom is 0.471 e. The number of aliphatic hydroxyl groups is 2. The summed E-state index contributed by atoms with van der Waals surface area (Å²) in [6.45, 7) is 0.226. The van der Waals surface area contributed by atoms with Crippen molar-refractivity contribution >= 4 is 11.6 Å². The largest absolute Gasteiger partial charge is 0.471 e. The molecular weight excluding hydrogens is 948 g/mol. The van der Waals surface area contributed by atoms with E-state index < -0.39 is 80.1 Å². The van der Waals surface area contributed by atoms with Gasteiger partial charge in [0.05, 0.1) is 52.9 Å². The molecule has 2 heterocycles. The summed E-state index contributed by atoms with van der Waals surface area (Å²) in [5, 5.41) is 24.7. The smallest absolute Gasteiger partial charge is 0.394 e. The number of aliphatic hydroxyl groups excluding tert-OH is 2. The second-order valence-corrected chi connectivity index (χ2v) is 17.7. The van der Waals surface area contributed by atoms with E-state index in [1.165, 1.54) is 12.1 Å². The predicted molar refractivity (Wildman–Crippen MR) is 262 cm³/mol. The van der Waals surface area contributed by atoms with Crippen LogP contribution in [0.5, 0.6) is 0 Å². The third-order valence-electron chi connectivity index (χ3n) is 12.4. The number of anilines is 1. The van der Waals surface area contributed by atoms with Crippen LogP contribution in [0.15, 0.2) is 176 Å². The summed E-state index contributed by atoms with van der Waals surface area (Å²) in [6, 6.07) is 54.0. The lowest BCUT2D eigenvalue weighted by Gasteiger charge is -2.49. The second-order valence-electron chi connectivity index (χ2n) is 17.7. The normalized spacial score (nSPS) is 24.2. The molecule has 6 aromatic rings. The quantitative estimate of drug-likeness (QED) is 0.0533. The van der Waals surface area contributed by atoms with Crippen LogP contribution in [0.2, 0.25) is 0 Å². The Morgan fingerprint density at radius 3 is 1.38 bits per heavy atom. The number of halogens is 3. The molecule has 0 saturated carbocycles. The van der Waals surface area contributed by atoms with Crippen molar-refractivity contribution in [3.8, 4) is 0 Å². The molecule has 2 aliphatic heterocycles. The minimum atomic E-state index is -5.04. The van der Waals surface area contributed by atoms with E-state index in [0.29, 0.717) is 5.56 Å². The number of benzene rings is 6. The number of rotatable bonds is 24. The number of hydrogen-bond donors (Lipinski definition) is 3. The first-order valence-corrected chi connectivity index (χ1v) is 24.2. The van der Waals surface area contributed by atoms with Gasteiger partial charge in [0.1, 0.15) is 48.8 Å². The molecule has 8 rings (SSSR count). The molecule has 2 aliphatic rings. The Kier molecular flexibility index (Phi) is 19.7. The highest BCUT2D eigenvalue weighted by molar-refractivity contribution is 5.94. The Bertz CT molecular complexity index is 2520. The molecule has 0 aliphatic carbocycles. The maximum atomic E-state index is 12.9. The summed E-state index contributed by atoms with van der Waals surface area (Å²) in [7, 11) is 0. The van der Waals surface area contributed by atoms with Crippen molar-refractivity contribution in [2.75, 3.05) is 25.1 Å². The number of amides is 1. The number of carbonyl (C=O) groups excluding carboxylic acids is 1. The number of ether oxygens (including phenoxy) is 9. The molecule has 2 fully saturated rings. The second kappa shape index (κ2) is 26.9. The van der Waals surface area contributed by atoms with Crippen molar-refractivity contribution in [1.82, 2.24) is 0 Å². The maximum absolute atomic E-state index is 12.9. The van der Waals surface area contributed by atoms with Crippen LogP contribution < -0.4 is 5.32 Å². The fraction of sp³-hybridized carbons (Fsp3) is 0.351. The minimum Gasteiger partial charge on any atom is -0.394 e. The van der Waals surface area contributed by atoms with Gasteiger partial charge in [-0.1, -0.05) is 164 Å². The zero-order valence-corrected chi connectivity index (χ0v) is 40.0. The van der Waals surface area contributed by atoms with E-state index in [-0.39, 0.29) is 58.4 Å². The van der Waals surface area contributed by atoms with E-state index in [9.17, 15) is 28.2 Å². The zero-order valence-electron chi connectivity index (χ0n) is 40.0. The molecule has 0 spiro atoms. The van der Waals surface area contributed by atoms with Crippen LogP contribution in [0.25, 0.3) is 0 Å². The first kappa shape index (κ1) is 53.4. The minimum absolute atomic E-state index is 0.00445. The molecule has 0 unspecified atom stereocenters. The molecule has 386 valence electrons. The van der Waals surface area contributed by atoms with E-state index >= 15 is 0 Å². The van der Waals surface area contributed by atoms with E-state index in [2.05, 4.69) is 0 Å². The molecule has 3 N–H and O–H groups in total. The molecule has 10 atom stereocenters. The van der Waals surface area contributed by atoms with Crippen molar-refractivity contribution < 1.29 is 70.8 Å². The predicted octanol–water partition coefficient (Wildman–Crippen LogP) is 8.49. The van der Waals surface area contributed by atoms with Gasteiger partial charge in [0.15, 0.2) is 12.6 Å². The summed E-state index contributed by atoms with van der Waals surface area (Å²) in [6.07, 6.45) is -16.0. The fourth-order valence-corrected chi connectivity index (χ4v) is 8.54. The van der Waals surface area contributed by atoms with Crippen molar-refractivity contribution in [2.24, 2.45) is 0 Å². The molecule has 16 heteroatoms. The average Bonchev–Trinajstić information content (AvgIpc) is 3.41. The van der Waals surface area contributed by atoms with E-state index in [4.69, 9.17) is 42.6 Å². The molecule has 0 bridgehead atoms. The van der Waals surface area contributed by atoms with Crippen LogP contribution in [0.1, 0.15) is 33.4 Å². The molecular formula is C57H60F3NO12. The SMILES string of the molecule is O=C(Nc1ccc(CCO[C@H]2O[C@H](CO)[C@@H](O)[C@H](O[C@@H]3O[C@H](COCc4ccccc4)[C@@H](OCc4ccccc4)[C@H](OCc4ccccc4)[C@H]3OCc3ccccc3)[C@H]2OCc2ccccc2)cc1)C(F)(F)F. The standard InChI is InChI=1S/C57H60F3NO12/c58-57(59,60)56(64)61-45-28-26-39(27-29-45)30-31-66-54-52(69-36-43-22-12-4-13-23-43)50(48(63)46(32-62)71-54)73-55-53(70-37-44-24-14-5-15-25-44)51(68-35-42-20-10-3-11-21-42)49(67-34-41-18-8-2-9-19-41)47(72-55)38-65-33-40-16-6-1-7-17-40/h1-29,46-55,62-63H,30-38H2,(H,61,64)/t46-,47-,48-,49-,50+,51+,52-,53-,54+,55+/m1/s1. The summed E-state index contributed by atoms with van der Waals surface area (Å²) >= 11 is 0. The lowest BCUT2D eigenvalue weighted by atomic mass is 9.96. The van der Waals surface area contributed by atoms with Crippen molar-refractivity contribution in [1.29, 1.82) is 0 Å². The zero-order chi connectivity index (χ0) is 50.8. The summed E-state index contributed by atoms with van der Waals surface area (Å²) in [5.41, 5.74) is 5.08. The van der Waals surface area contributed by atoms with Gasteiger partial charge in [-0.05, 0) is 51.9 Å². The van der Waals surface area contributed by atoms with Gasteiger partial charge in [-0.15, -0.1) is 0 Å². The third kappa shape index (κ3) is 15.6. The molecule has 2 saturated heterocycles.